The van der Waals surface area contributed by atoms with E-state index in [-0.39, 0.29) is 0 Å². The zero-order chi connectivity index (χ0) is 38.6. The summed E-state index contributed by atoms with van der Waals surface area (Å²) in [6.45, 7) is 0. The fourth-order valence-corrected chi connectivity index (χ4v) is 8.85. The Kier molecular flexibility index (Phi) is 8.26. The fourth-order valence-electron chi connectivity index (χ4n) is 8.44. The van der Waals surface area contributed by atoms with Crippen molar-refractivity contribution in [3.8, 4) is 56.4 Å². The number of aromatic nitrogens is 4. The highest BCUT2D eigenvalue weighted by Gasteiger charge is 2.17. The van der Waals surface area contributed by atoms with E-state index in [0.29, 0.717) is 5.82 Å². The maximum Gasteiger partial charge on any atom is 0.160 e. The van der Waals surface area contributed by atoms with Gasteiger partial charge in [0.1, 0.15) is 0 Å². The van der Waals surface area contributed by atoms with E-state index >= 15 is 0 Å². The van der Waals surface area contributed by atoms with Gasteiger partial charge in [-0.15, -0.1) is 11.8 Å². The number of thioether (sulfide) groups is 1. The molecule has 8 aromatic carbocycles. The molecule has 4 nitrogen and oxygen atoms in total. The molecule has 0 radical (unpaired) electrons. The van der Waals surface area contributed by atoms with E-state index in [0.717, 1.165) is 33.8 Å². The highest BCUT2D eigenvalue weighted by Crippen LogP contribution is 2.39. The summed E-state index contributed by atoms with van der Waals surface area (Å²) in [6, 6.07) is 71.6. The third-order valence-electron chi connectivity index (χ3n) is 11.3. The monoisotopic (exact) mass is 760 g/mol. The summed E-state index contributed by atoms with van der Waals surface area (Å²) in [6.07, 6.45) is 2.12. The normalized spacial score (nSPS) is 11.6. The SMILES string of the molecule is CSc1ccc(-n2c3ccccc3c3cc(-c4ccc5c(c4)c4ccccc4n5-c4ccc(-c5cc(-c6ccccc6)nc(-c6ccccc6)n5)cc4)ccc32)cc1. The van der Waals surface area contributed by atoms with Gasteiger partial charge in [0.05, 0.1) is 33.5 Å². The third kappa shape index (κ3) is 5.78. The molecule has 0 aliphatic rings. The Morgan fingerprint density at radius 1 is 0.345 bits per heavy atom. The molecule has 274 valence electrons. The maximum absolute atomic E-state index is 5.07. The molecule has 3 aromatic heterocycles. The van der Waals surface area contributed by atoms with Gasteiger partial charge in [0, 0.05) is 54.5 Å². The minimum atomic E-state index is 0.713. The molecular formula is C53H36N4S. The molecule has 0 atom stereocenters. The Hall–Kier alpha value is -7.21. The van der Waals surface area contributed by atoms with Crippen molar-refractivity contribution in [2.24, 2.45) is 0 Å². The molecule has 3 heterocycles. The van der Waals surface area contributed by atoms with Crippen LogP contribution in [0, 0.1) is 0 Å². The quantitative estimate of drug-likeness (QED) is 0.152. The van der Waals surface area contributed by atoms with Crippen LogP contribution in [0.2, 0.25) is 0 Å². The van der Waals surface area contributed by atoms with Gasteiger partial charge in [-0.05, 0) is 96.2 Å². The van der Waals surface area contributed by atoms with E-state index in [2.05, 4.69) is 179 Å². The Bertz CT molecular complexity index is 3230. The second-order valence-corrected chi connectivity index (χ2v) is 15.5. The molecule has 0 spiro atoms. The number of hydrogen-bond acceptors (Lipinski definition) is 3. The van der Waals surface area contributed by atoms with Crippen molar-refractivity contribution in [2.45, 2.75) is 4.90 Å². The first-order valence-electron chi connectivity index (χ1n) is 19.5. The Morgan fingerprint density at radius 3 is 1.28 bits per heavy atom. The molecule has 58 heavy (non-hydrogen) atoms. The zero-order valence-corrected chi connectivity index (χ0v) is 32.6. The number of rotatable bonds is 7. The van der Waals surface area contributed by atoms with Crippen LogP contribution < -0.4 is 0 Å². The molecule has 0 aliphatic heterocycles. The van der Waals surface area contributed by atoms with Crippen LogP contribution in [0.15, 0.2) is 205 Å². The predicted octanol–water partition coefficient (Wildman–Crippen LogP) is 14.1. The molecule has 0 saturated carbocycles. The Labute approximate surface area is 340 Å². The van der Waals surface area contributed by atoms with Crippen molar-refractivity contribution in [1.29, 1.82) is 0 Å². The summed E-state index contributed by atoms with van der Waals surface area (Å²) in [5.74, 6) is 0.713. The minimum absolute atomic E-state index is 0.713. The highest BCUT2D eigenvalue weighted by atomic mass is 32.2. The van der Waals surface area contributed by atoms with E-state index in [4.69, 9.17) is 9.97 Å². The van der Waals surface area contributed by atoms with Crippen molar-refractivity contribution in [3.63, 3.8) is 0 Å². The lowest BCUT2D eigenvalue weighted by Gasteiger charge is -2.12. The van der Waals surface area contributed by atoms with Gasteiger partial charge in [-0.25, -0.2) is 9.97 Å². The van der Waals surface area contributed by atoms with Crippen LogP contribution in [-0.2, 0) is 0 Å². The molecule has 11 aromatic rings. The second kappa shape index (κ2) is 14.1. The van der Waals surface area contributed by atoms with E-state index < -0.39 is 0 Å². The molecular weight excluding hydrogens is 725 g/mol. The first-order chi connectivity index (χ1) is 28.7. The van der Waals surface area contributed by atoms with Crippen LogP contribution in [0.4, 0.5) is 0 Å². The molecule has 0 unspecified atom stereocenters. The lowest BCUT2D eigenvalue weighted by Crippen LogP contribution is -1.97. The lowest BCUT2D eigenvalue weighted by molar-refractivity contribution is 1.17. The average molecular weight is 761 g/mol. The Balaban J connectivity index is 0.998. The third-order valence-corrected chi connectivity index (χ3v) is 12.0. The van der Waals surface area contributed by atoms with Crippen LogP contribution in [0.25, 0.3) is 100 Å². The second-order valence-electron chi connectivity index (χ2n) is 14.6. The first kappa shape index (κ1) is 34.1. The van der Waals surface area contributed by atoms with Crippen LogP contribution in [0.3, 0.4) is 0 Å². The number of fused-ring (bicyclic) bond motifs is 6. The van der Waals surface area contributed by atoms with E-state index in [1.807, 2.05) is 36.4 Å². The largest absolute Gasteiger partial charge is 0.309 e. The Morgan fingerprint density at radius 2 is 0.759 bits per heavy atom. The zero-order valence-electron chi connectivity index (χ0n) is 31.7. The average Bonchev–Trinajstić information content (AvgIpc) is 3.82. The first-order valence-corrected chi connectivity index (χ1v) is 20.7. The molecule has 0 fully saturated rings. The van der Waals surface area contributed by atoms with Crippen molar-refractivity contribution in [3.05, 3.63) is 200 Å². The summed E-state index contributed by atoms with van der Waals surface area (Å²) in [5, 5.41) is 4.96. The van der Waals surface area contributed by atoms with Gasteiger partial charge < -0.3 is 9.13 Å². The summed E-state index contributed by atoms with van der Waals surface area (Å²) < 4.78 is 4.76. The van der Waals surface area contributed by atoms with E-state index in [1.165, 1.54) is 65.3 Å². The molecule has 0 saturated heterocycles. The van der Waals surface area contributed by atoms with Gasteiger partial charge in [0.2, 0.25) is 0 Å². The van der Waals surface area contributed by atoms with Gasteiger partial charge in [-0.3, -0.25) is 0 Å². The number of para-hydroxylation sites is 2. The van der Waals surface area contributed by atoms with Gasteiger partial charge in [0.25, 0.3) is 0 Å². The van der Waals surface area contributed by atoms with E-state index in [1.54, 1.807) is 11.8 Å². The standard InChI is InChI=1S/C53H36N4S/c1-58-42-28-26-41(27-29-42)57-50-19-11-9-17-44(50)46-33-39(23-31-52(46)57)38-22-30-51-45(32-38)43-16-8-10-18-49(43)56(51)40-24-20-36(21-25-40)48-34-47(35-12-4-2-5-13-35)54-53(55-48)37-14-6-3-7-15-37/h2-34H,1H3. The fraction of sp³-hybridized carbons (Fsp3) is 0.0189. The van der Waals surface area contributed by atoms with Crippen LogP contribution in [0.5, 0.6) is 0 Å². The topological polar surface area (TPSA) is 35.6 Å². The predicted molar refractivity (Wildman–Crippen MR) is 244 cm³/mol. The van der Waals surface area contributed by atoms with Gasteiger partial charge in [-0.2, -0.15) is 0 Å². The molecule has 0 aliphatic carbocycles. The number of hydrogen-bond donors (Lipinski definition) is 0. The van der Waals surface area contributed by atoms with Crippen LogP contribution in [-0.4, -0.2) is 25.4 Å². The number of benzene rings is 8. The van der Waals surface area contributed by atoms with Crippen molar-refractivity contribution < 1.29 is 0 Å². The molecule has 0 amide bonds. The summed E-state index contributed by atoms with van der Waals surface area (Å²) >= 11 is 1.77. The smallest absolute Gasteiger partial charge is 0.160 e. The minimum Gasteiger partial charge on any atom is -0.309 e. The lowest BCUT2D eigenvalue weighted by atomic mass is 10.0. The van der Waals surface area contributed by atoms with E-state index in [9.17, 15) is 0 Å². The van der Waals surface area contributed by atoms with Crippen molar-refractivity contribution in [2.75, 3.05) is 6.26 Å². The van der Waals surface area contributed by atoms with Crippen LogP contribution >= 0.6 is 11.8 Å². The summed E-state index contributed by atoms with van der Waals surface area (Å²) in [5.41, 5.74) is 14.3. The molecule has 0 bridgehead atoms. The van der Waals surface area contributed by atoms with Gasteiger partial charge >= 0.3 is 0 Å². The van der Waals surface area contributed by atoms with Crippen molar-refractivity contribution >= 4 is 55.4 Å². The molecule has 11 rings (SSSR count). The van der Waals surface area contributed by atoms with Crippen molar-refractivity contribution in [1.82, 2.24) is 19.1 Å². The highest BCUT2D eigenvalue weighted by molar-refractivity contribution is 7.98. The summed E-state index contributed by atoms with van der Waals surface area (Å²) in [7, 11) is 0. The number of nitrogens with zero attached hydrogens (tertiary/aromatic N) is 4. The van der Waals surface area contributed by atoms with Crippen LogP contribution in [0.1, 0.15) is 0 Å². The molecule has 5 heteroatoms. The van der Waals surface area contributed by atoms with Gasteiger partial charge in [0.15, 0.2) is 5.82 Å². The molecule has 0 N–H and O–H groups in total. The van der Waals surface area contributed by atoms with Gasteiger partial charge in [-0.1, -0.05) is 121 Å². The maximum atomic E-state index is 5.07. The summed E-state index contributed by atoms with van der Waals surface area (Å²) in [4.78, 5) is 11.3.